The van der Waals surface area contributed by atoms with Crippen LogP contribution in [-0.4, -0.2) is 9.78 Å². The van der Waals surface area contributed by atoms with Crippen molar-refractivity contribution in [3.63, 3.8) is 0 Å². The Kier molecular flexibility index (Phi) is 4.95. The predicted octanol–water partition coefficient (Wildman–Crippen LogP) is 5.71. The highest BCUT2D eigenvalue weighted by Crippen LogP contribution is 2.28. The van der Waals surface area contributed by atoms with Gasteiger partial charge in [-0.3, -0.25) is 0 Å². The second kappa shape index (κ2) is 8.21. The van der Waals surface area contributed by atoms with E-state index in [1.807, 2.05) is 85.1 Å². The molecule has 5 heteroatoms. The Bertz CT molecular complexity index is 1540. The summed E-state index contributed by atoms with van der Waals surface area (Å²) in [6.07, 6.45) is 3.57. The van der Waals surface area contributed by atoms with Gasteiger partial charge >= 0.3 is 5.63 Å². The minimum Gasteiger partial charge on any atom is -0.422 e. The normalized spacial score (nSPS) is 11.4. The summed E-state index contributed by atoms with van der Waals surface area (Å²) in [6.45, 7) is 0. The molecule has 0 amide bonds. The highest BCUT2D eigenvalue weighted by atomic mass is 16.4. The fraction of sp³-hybridized carbons (Fsp3) is 0. The van der Waals surface area contributed by atoms with Crippen molar-refractivity contribution in [1.82, 2.24) is 9.78 Å². The lowest BCUT2D eigenvalue weighted by molar-refractivity contribution is 0.563. The highest BCUT2D eigenvalue weighted by Gasteiger charge is 2.17. The number of hydrogen-bond acceptors (Lipinski definition) is 4. The zero-order chi connectivity index (χ0) is 21.9. The van der Waals surface area contributed by atoms with E-state index in [0.717, 1.165) is 16.6 Å². The number of fused-ring (bicyclic) bond motifs is 1. The van der Waals surface area contributed by atoms with E-state index in [4.69, 9.17) is 9.52 Å². The Morgan fingerprint density at radius 2 is 1.62 bits per heavy atom. The smallest absolute Gasteiger partial charge is 0.345 e. The minimum absolute atomic E-state index is 0.343. The van der Waals surface area contributed by atoms with Crippen LogP contribution in [0.4, 0.5) is 0 Å². The van der Waals surface area contributed by atoms with Crippen molar-refractivity contribution >= 4 is 22.6 Å². The van der Waals surface area contributed by atoms with E-state index in [9.17, 15) is 10.1 Å². The van der Waals surface area contributed by atoms with Gasteiger partial charge in [0.25, 0.3) is 0 Å². The lowest BCUT2D eigenvalue weighted by Crippen LogP contribution is -2.04. The molecule has 0 fully saturated rings. The Morgan fingerprint density at radius 3 is 2.38 bits per heavy atom. The van der Waals surface area contributed by atoms with Crippen molar-refractivity contribution in [3.05, 3.63) is 119 Å². The van der Waals surface area contributed by atoms with Crippen LogP contribution in [0, 0.1) is 11.3 Å². The van der Waals surface area contributed by atoms with Gasteiger partial charge in [-0.2, -0.15) is 10.4 Å². The molecule has 5 nitrogen and oxygen atoms in total. The molecule has 5 rings (SSSR count). The van der Waals surface area contributed by atoms with Crippen LogP contribution < -0.4 is 5.63 Å². The van der Waals surface area contributed by atoms with Gasteiger partial charge in [-0.05, 0) is 35.9 Å². The summed E-state index contributed by atoms with van der Waals surface area (Å²) in [7, 11) is 0. The molecule has 5 aromatic rings. The van der Waals surface area contributed by atoms with E-state index in [-0.39, 0.29) is 0 Å². The number of para-hydroxylation sites is 2. The standard InChI is InChI=1S/C27H17N3O2/c28-17-21(19-9-3-1-4-10-19)15-22-18-30(23-12-5-2-6-13-23)29-26(22)24-16-20-11-7-8-14-25(20)32-27(24)31/h1-16,18H. The summed E-state index contributed by atoms with van der Waals surface area (Å²) < 4.78 is 7.25. The van der Waals surface area contributed by atoms with Gasteiger partial charge in [0.2, 0.25) is 0 Å². The van der Waals surface area contributed by atoms with Crippen LogP contribution in [0.25, 0.3) is 39.6 Å². The minimum atomic E-state index is -0.477. The second-order valence-corrected chi connectivity index (χ2v) is 7.23. The maximum atomic E-state index is 12.9. The summed E-state index contributed by atoms with van der Waals surface area (Å²) in [4.78, 5) is 12.9. The molecule has 0 radical (unpaired) electrons. The van der Waals surface area contributed by atoms with Crippen molar-refractivity contribution in [2.75, 3.05) is 0 Å². The first-order valence-corrected chi connectivity index (χ1v) is 10.1. The Labute approximate surface area is 184 Å². The van der Waals surface area contributed by atoms with Crippen molar-refractivity contribution in [1.29, 1.82) is 5.26 Å². The molecule has 0 atom stereocenters. The molecule has 0 aliphatic rings. The molecule has 0 N–H and O–H groups in total. The van der Waals surface area contributed by atoms with Crippen LogP contribution >= 0.6 is 0 Å². The van der Waals surface area contributed by atoms with E-state index >= 15 is 0 Å². The van der Waals surface area contributed by atoms with Crippen LogP contribution in [0.15, 0.2) is 106 Å². The van der Waals surface area contributed by atoms with Gasteiger partial charge in [-0.15, -0.1) is 0 Å². The average Bonchev–Trinajstić information content (AvgIpc) is 3.27. The Balaban J connectivity index is 1.74. The Hall–Kier alpha value is -4.69. The maximum Gasteiger partial charge on any atom is 0.345 e. The van der Waals surface area contributed by atoms with Crippen molar-refractivity contribution < 1.29 is 4.42 Å². The zero-order valence-corrected chi connectivity index (χ0v) is 17.0. The molecular formula is C27H17N3O2. The summed E-state index contributed by atoms with van der Waals surface area (Å²) in [5.74, 6) is 0. The van der Waals surface area contributed by atoms with Crippen LogP contribution in [-0.2, 0) is 0 Å². The fourth-order valence-corrected chi connectivity index (χ4v) is 3.60. The number of nitrogens with zero attached hydrogens (tertiary/aromatic N) is 3. The van der Waals surface area contributed by atoms with Crippen LogP contribution in [0.2, 0.25) is 0 Å². The van der Waals surface area contributed by atoms with Crippen molar-refractivity contribution in [3.8, 4) is 23.0 Å². The monoisotopic (exact) mass is 415 g/mol. The van der Waals surface area contributed by atoms with Gasteiger partial charge < -0.3 is 4.42 Å². The first-order valence-electron chi connectivity index (χ1n) is 10.1. The van der Waals surface area contributed by atoms with Crippen LogP contribution in [0.3, 0.4) is 0 Å². The Morgan fingerprint density at radius 1 is 0.938 bits per heavy atom. The third-order valence-corrected chi connectivity index (χ3v) is 5.16. The van der Waals surface area contributed by atoms with Gasteiger partial charge in [0.05, 0.1) is 22.9 Å². The molecule has 0 saturated heterocycles. The van der Waals surface area contributed by atoms with E-state index in [0.29, 0.717) is 28.0 Å². The number of nitriles is 1. The topological polar surface area (TPSA) is 71.8 Å². The molecule has 0 spiro atoms. The van der Waals surface area contributed by atoms with Crippen molar-refractivity contribution in [2.45, 2.75) is 0 Å². The molecule has 3 aromatic carbocycles. The molecule has 0 unspecified atom stereocenters. The number of benzene rings is 3. The predicted molar refractivity (Wildman–Crippen MR) is 125 cm³/mol. The molecule has 0 aliphatic carbocycles. The number of hydrogen-bond donors (Lipinski definition) is 0. The van der Waals surface area contributed by atoms with E-state index in [1.54, 1.807) is 22.9 Å². The van der Waals surface area contributed by atoms with Crippen molar-refractivity contribution in [2.24, 2.45) is 0 Å². The number of rotatable bonds is 4. The summed E-state index contributed by atoms with van der Waals surface area (Å²) >= 11 is 0. The lowest BCUT2D eigenvalue weighted by Gasteiger charge is -2.02. The average molecular weight is 415 g/mol. The van der Waals surface area contributed by atoms with Crippen LogP contribution in [0.1, 0.15) is 11.1 Å². The fourth-order valence-electron chi connectivity index (χ4n) is 3.60. The van der Waals surface area contributed by atoms with E-state index in [1.165, 1.54) is 0 Å². The zero-order valence-electron chi connectivity index (χ0n) is 17.0. The molecule has 32 heavy (non-hydrogen) atoms. The maximum absolute atomic E-state index is 12.9. The van der Waals surface area contributed by atoms with Gasteiger partial charge in [-0.1, -0.05) is 66.7 Å². The SMILES string of the molecule is N#CC(=Cc1cn(-c2ccccc2)nc1-c1cc2ccccc2oc1=O)c1ccccc1. The quantitative estimate of drug-likeness (QED) is 0.278. The largest absolute Gasteiger partial charge is 0.422 e. The highest BCUT2D eigenvalue weighted by molar-refractivity contribution is 5.93. The van der Waals surface area contributed by atoms with Gasteiger partial charge in [0.1, 0.15) is 11.3 Å². The molecule has 2 heterocycles. The van der Waals surface area contributed by atoms with Gasteiger partial charge in [0, 0.05) is 17.1 Å². The third kappa shape index (κ3) is 3.62. The molecular weight excluding hydrogens is 398 g/mol. The second-order valence-electron chi connectivity index (χ2n) is 7.23. The summed E-state index contributed by atoms with van der Waals surface area (Å²) in [5.41, 5.74) is 3.60. The van der Waals surface area contributed by atoms with Gasteiger partial charge in [0.15, 0.2) is 0 Å². The lowest BCUT2D eigenvalue weighted by atomic mass is 10.0. The third-order valence-electron chi connectivity index (χ3n) is 5.16. The van der Waals surface area contributed by atoms with E-state index in [2.05, 4.69) is 6.07 Å². The van der Waals surface area contributed by atoms with Gasteiger partial charge in [-0.25, -0.2) is 9.48 Å². The van der Waals surface area contributed by atoms with Crippen LogP contribution in [0.5, 0.6) is 0 Å². The number of allylic oxidation sites excluding steroid dienone is 1. The summed E-state index contributed by atoms with van der Waals surface area (Å²) in [5, 5.41) is 15.3. The summed E-state index contributed by atoms with van der Waals surface area (Å²) in [6, 6.07) is 30.4. The first-order chi connectivity index (χ1) is 15.7. The molecule has 0 saturated carbocycles. The molecule has 152 valence electrons. The molecule has 0 bridgehead atoms. The van der Waals surface area contributed by atoms with E-state index < -0.39 is 5.63 Å². The molecule has 2 aromatic heterocycles. The number of aromatic nitrogens is 2. The molecule has 0 aliphatic heterocycles. The first kappa shape index (κ1) is 19.3.